The Morgan fingerprint density at radius 1 is 1.10 bits per heavy atom. The van der Waals surface area contributed by atoms with Gasteiger partial charge < -0.3 is 4.90 Å². The maximum absolute atomic E-state index is 12.1. The highest BCUT2D eigenvalue weighted by molar-refractivity contribution is 5.79. The van der Waals surface area contributed by atoms with E-state index in [1.165, 1.54) is 36.0 Å². The van der Waals surface area contributed by atoms with E-state index in [9.17, 15) is 4.79 Å². The van der Waals surface area contributed by atoms with Gasteiger partial charge in [-0.15, -0.1) is 0 Å². The summed E-state index contributed by atoms with van der Waals surface area (Å²) in [6.07, 6.45) is 10.9. The molecular formula is C19H25NO. The summed E-state index contributed by atoms with van der Waals surface area (Å²) in [6, 6.07) is 10.3. The van der Waals surface area contributed by atoms with Gasteiger partial charge in [0.2, 0.25) is 5.91 Å². The minimum atomic E-state index is 0.181. The molecule has 0 radical (unpaired) electrons. The standard InChI is InChI=1S/C19H25NO/c1-20(2)19(21)15-18(17-11-7-4-8-12-17)14-13-16-9-5-3-6-10-16/h3,5-6,9-10,13-14H,4,7-8,11-12,15H2,1-2H3/b14-13+. The molecule has 0 atom stereocenters. The molecule has 1 aliphatic carbocycles. The molecule has 0 saturated heterocycles. The van der Waals surface area contributed by atoms with Crippen LogP contribution in [-0.4, -0.2) is 24.9 Å². The van der Waals surface area contributed by atoms with Crippen molar-refractivity contribution < 1.29 is 4.79 Å². The van der Waals surface area contributed by atoms with Crippen LogP contribution in [0.2, 0.25) is 0 Å². The van der Waals surface area contributed by atoms with E-state index in [-0.39, 0.29) is 5.91 Å². The first-order chi connectivity index (χ1) is 10.2. The van der Waals surface area contributed by atoms with Gasteiger partial charge in [-0.3, -0.25) is 4.79 Å². The third-order valence-corrected chi connectivity index (χ3v) is 4.03. The van der Waals surface area contributed by atoms with E-state index in [2.05, 4.69) is 24.3 Å². The summed E-state index contributed by atoms with van der Waals surface area (Å²) in [4.78, 5) is 13.7. The van der Waals surface area contributed by atoms with Crippen LogP contribution in [0, 0.1) is 0 Å². The maximum atomic E-state index is 12.1. The quantitative estimate of drug-likeness (QED) is 0.800. The van der Waals surface area contributed by atoms with E-state index >= 15 is 0 Å². The number of hydrogen-bond donors (Lipinski definition) is 0. The SMILES string of the molecule is CN(C)C(=O)CC(/C=C/c1ccccc1)=C1CCCCC1. The first-order valence-corrected chi connectivity index (χ1v) is 7.81. The molecule has 0 spiro atoms. The fourth-order valence-electron chi connectivity index (χ4n) is 2.68. The van der Waals surface area contributed by atoms with Crippen LogP contribution in [-0.2, 0) is 4.79 Å². The van der Waals surface area contributed by atoms with Crippen molar-refractivity contribution in [1.29, 1.82) is 0 Å². The lowest BCUT2D eigenvalue weighted by Gasteiger charge is -2.19. The van der Waals surface area contributed by atoms with E-state index in [4.69, 9.17) is 0 Å². The van der Waals surface area contributed by atoms with E-state index in [1.54, 1.807) is 4.90 Å². The number of carbonyl (C=O) groups is 1. The fourth-order valence-corrected chi connectivity index (χ4v) is 2.68. The van der Waals surface area contributed by atoms with Crippen molar-refractivity contribution >= 4 is 12.0 Å². The van der Waals surface area contributed by atoms with Crippen molar-refractivity contribution in [2.45, 2.75) is 38.5 Å². The summed E-state index contributed by atoms with van der Waals surface area (Å²) >= 11 is 0. The second-order valence-electron chi connectivity index (χ2n) is 5.90. The number of benzene rings is 1. The molecule has 0 N–H and O–H groups in total. The molecule has 2 rings (SSSR count). The summed E-state index contributed by atoms with van der Waals surface area (Å²) in [5.41, 5.74) is 3.88. The van der Waals surface area contributed by atoms with Gasteiger partial charge in [0, 0.05) is 14.1 Å². The molecule has 0 unspecified atom stereocenters. The average molecular weight is 283 g/mol. The zero-order valence-corrected chi connectivity index (χ0v) is 13.1. The number of allylic oxidation sites excluding steroid dienone is 2. The van der Waals surface area contributed by atoms with Gasteiger partial charge in [-0.25, -0.2) is 0 Å². The molecule has 1 aromatic carbocycles. The van der Waals surface area contributed by atoms with Crippen molar-refractivity contribution in [3.8, 4) is 0 Å². The van der Waals surface area contributed by atoms with Crippen molar-refractivity contribution in [3.05, 3.63) is 53.1 Å². The van der Waals surface area contributed by atoms with Crippen LogP contribution in [0.25, 0.3) is 6.08 Å². The number of hydrogen-bond acceptors (Lipinski definition) is 1. The maximum Gasteiger partial charge on any atom is 0.226 e. The monoisotopic (exact) mass is 283 g/mol. The predicted octanol–water partition coefficient (Wildman–Crippen LogP) is 4.44. The predicted molar refractivity (Wildman–Crippen MR) is 88.9 cm³/mol. The molecule has 1 amide bonds. The first-order valence-electron chi connectivity index (χ1n) is 7.81. The molecule has 0 bridgehead atoms. The molecule has 2 heteroatoms. The smallest absolute Gasteiger partial charge is 0.226 e. The lowest BCUT2D eigenvalue weighted by Crippen LogP contribution is -2.22. The number of carbonyl (C=O) groups excluding carboxylic acids is 1. The van der Waals surface area contributed by atoms with Gasteiger partial charge in [-0.05, 0) is 36.8 Å². The van der Waals surface area contributed by atoms with Crippen LogP contribution in [0.1, 0.15) is 44.1 Å². The molecule has 1 saturated carbocycles. The Bertz CT molecular complexity index is 518. The van der Waals surface area contributed by atoms with Crippen LogP contribution >= 0.6 is 0 Å². The molecule has 0 heterocycles. The second kappa shape index (κ2) is 7.82. The lowest BCUT2D eigenvalue weighted by atomic mass is 9.89. The normalized spacial score (nSPS) is 15.2. The third-order valence-electron chi connectivity index (χ3n) is 4.03. The van der Waals surface area contributed by atoms with Crippen LogP contribution < -0.4 is 0 Å². The Morgan fingerprint density at radius 3 is 2.38 bits per heavy atom. The summed E-state index contributed by atoms with van der Waals surface area (Å²) in [5, 5.41) is 0. The minimum Gasteiger partial charge on any atom is -0.349 e. The molecule has 0 aliphatic heterocycles. The number of nitrogens with zero attached hydrogens (tertiary/aromatic N) is 1. The highest BCUT2D eigenvalue weighted by atomic mass is 16.2. The molecule has 1 fully saturated rings. The Balaban J connectivity index is 2.19. The van der Waals surface area contributed by atoms with E-state index < -0.39 is 0 Å². The van der Waals surface area contributed by atoms with Crippen molar-refractivity contribution in [2.75, 3.05) is 14.1 Å². The fraction of sp³-hybridized carbons (Fsp3) is 0.421. The summed E-state index contributed by atoms with van der Waals surface area (Å²) in [7, 11) is 3.65. The Kier molecular flexibility index (Phi) is 5.79. The van der Waals surface area contributed by atoms with Crippen molar-refractivity contribution in [3.63, 3.8) is 0 Å². The Morgan fingerprint density at radius 2 is 1.76 bits per heavy atom. The third kappa shape index (κ3) is 4.89. The lowest BCUT2D eigenvalue weighted by molar-refractivity contribution is -0.127. The summed E-state index contributed by atoms with van der Waals surface area (Å²) < 4.78 is 0. The highest BCUT2D eigenvalue weighted by Crippen LogP contribution is 2.28. The van der Waals surface area contributed by atoms with Gasteiger partial charge in [-0.1, -0.05) is 54.5 Å². The largest absolute Gasteiger partial charge is 0.349 e. The Hall–Kier alpha value is -1.83. The molecule has 2 nitrogen and oxygen atoms in total. The van der Waals surface area contributed by atoms with Gasteiger partial charge in [0.1, 0.15) is 0 Å². The molecular weight excluding hydrogens is 258 g/mol. The minimum absolute atomic E-state index is 0.181. The van der Waals surface area contributed by atoms with E-state index in [0.717, 1.165) is 12.8 Å². The van der Waals surface area contributed by atoms with Crippen LogP contribution in [0.3, 0.4) is 0 Å². The number of rotatable bonds is 4. The van der Waals surface area contributed by atoms with Crippen molar-refractivity contribution in [1.82, 2.24) is 4.90 Å². The Labute approximate surface area is 128 Å². The van der Waals surface area contributed by atoms with E-state index in [1.807, 2.05) is 32.3 Å². The molecule has 1 aliphatic rings. The van der Waals surface area contributed by atoms with Gasteiger partial charge in [-0.2, -0.15) is 0 Å². The van der Waals surface area contributed by atoms with Crippen LogP contribution in [0.4, 0.5) is 0 Å². The average Bonchev–Trinajstić information content (AvgIpc) is 2.53. The molecule has 112 valence electrons. The molecule has 0 aromatic heterocycles. The number of amides is 1. The summed E-state index contributed by atoms with van der Waals surface area (Å²) in [5.74, 6) is 0.181. The second-order valence-corrected chi connectivity index (χ2v) is 5.90. The van der Waals surface area contributed by atoms with Crippen molar-refractivity contribution in [2.24, 2.45) is 0 Å². The topological polar surface area (TPSA) is 20.3 Å². The highest BCUT2D eigenvalue weighted by Gasteiger charge is 2.13. The zero-order chi connectivity index (χ0) is 15.1. The zero-order valence-electron chi connectivity index (χ0n) is 13.1. The van der Waals surface area contributed by atoms with Gasteiger partial charge >= 0.3 is 0 Å². The van der Waals surface area contributed by atoms with Gasteiger partial charge in [0.15, 0.2) is 0 Å². The molecule has 1 aromatic rings. The van der Waals surface area contributed by atoms with E-state index in [0.29, 0.717) is 6.42 Å². The summed E-state index contributed by atoms with van der Waals surface area (Å²) in [6.45, 7) is 0. The van der Waals surface area contributed by atoms with Crippen LogP contribution in [0.5, 0.6) is 0 Å². The van der Waals surface area contributed by atoms with Crippen LogP contribution in [0.15, 0.2) is 47.6 Å². The van der Waals surface area contributed by atoms with Gasteiger partial charge in [0.25, 0.3) is 0 Å². The first kappa shape index (κ1) is 15.6. The molecule has 21 heavy (non-hydrogen) atoms. The van der Waals surface area contributed by atoms with Gasteiger partial charge in [0.05, 0.1) is 6.42 Å².